The minimum Gasteiger partial charge on any atom is -0.493 e. The maximum atomic E-state index is 5.67. The van der Waals surface area contributed by atoms with Gasteiger partial charge in [-0.3, -0.25) is 4.98 Å². The Morgan fingerprint density at radius 3 is 2.72 bits per heavy atom. The molecule has 0 aliphatic rings. The number of hydrogen-bond acceptors (Lipinski definition) is 3. The van der Waals surface area contributed by atoms with Crippen LogP contribution in [0.2, 0.25) is 0 Å². The molecule has 1 aromatic heterocycles. The van der Waals surface area contributed by atoms with E-state index in [1.54, 1.807) is 12.4 Å². The van der Waals surface area contributed by atoms with Crippen molar-refractivity contribution in [2.24, 2.45) is 5.73 Å². The lowest BCUT2D eigenvalue weighted by atomic mass is 10.2. The maximum Gasteiger partial charge on any atom is 0.120 e. The summed E-state index contributed by atoms with van der Waals surface area (Å²) in [6.07, 6.45) is 4.41. The van der Waals surface area contributed by atoms with Gasteiger partial charge in [-0.1, -0.05) is 24.4 Å². The van der Waals surface area contributed by atoms with E-state index in [2.05, 4.69) is 4.98 Å². The number of nitrogens with zero attached hydrogens (tertiary/aromatic N) is 1. The van der Waals surface area contributed by atoms with Crippen molar-refractivity contribution in [3.63, 3.8) is 0 Å². The van der Waals surface area contributed by atoms with Crippen molar-refractivity contribution in [2.75, 3.05) is 6.61 Å². The fourth-order valence-corrected chi connectivity index (χ4v) is 1.70. The van der Waals surface area contributed by atoms with Crippen LogP contribution in [0.3, 0.4) is 0 Å². The van der Waals surface area contributed by atoms with Crippen LogP contribution in [0, 0.1) is 0 Å². The molecule has 0 bridgehead atoms. The van der Waals surface area contributed by atoms with Crippen LogP contribution in [0.1, 0.15) is 11.1 Å². The molecule has 0 saturated carbocycles. The molecule has 3 nitrogen and oxygen atoms in total. The third-order valence-electron chi connectivity index (χ3n) is 2.53. The molecule has 0 saturated heterocycles. The molecule has 2 aromatic rings. The van der Waals surface area contributed by atoms with Gasteiger partial charge in [-0.2, -0.15) is 0 Å². The van der Waals surface area contributed by atoms with E-state index >= 15 is 0 Å². The van der Waals surface area contributed by atoms with E-state index in [0.717, 1.165) is 17.7 Å². The molecule has 0 radical (unpaired) electrons. The Kier molecular flexibility index (Phi) is 4.25. The summed E-state index contributed by atoms with van der Waals surface area (Å²) in [7, 11) is 0. The third kappa shape index (κ3) is 3.53. The molecule has 0 atom stereocenters. The van der Waals surface area contributed by atoms with Crippen LogP contribution in [0.4, 0.5) is 0 Å². The summed E-state index contributed by atoms with van der Waals surface area (Å²) in [6.45, 7) is 0.616. The highest BCUT2D eigenvalue weighted by Gasteiger charge is 1.99. The Balaban J connectivity index is 1.90. The van der Waals surface area contributed by atoms with Gasteiger partial charge in [0.15, 0.2) is 0 Å². The second kappa shape index (κ2) is 6.12. The summed E-state index contributed by atoms with van der Waals surface area (Å²) >= 11 is 4.93. The van der Waals surface area contributed by atoms with Gasteiger partial charge in [-0.05, 0) is 29.8 Å². The highest BCUT2D eigenvalue weighted by molar-refractivity contribution is 7.80. The van der Waals surface area contributed by atoms with Crippen molar-refractivity contribution >= 4 is 17.2 Å². The molecule has 2 N–H and O–H groups in total. The van der Waals surface area contributed by atoms with E-state index in [0.29, 0.717) is 11.6 Å². The molecule has 0 fully saturated rings. The second-order valence-corrected chi connectivity index (χ2v) is 4.29. The maximum absolute atomic E-state index is 5.67. The molecule has 0 spiro atoms. The second-order valence-electron chi connectivity index (χ2n) is 3.85. The van der Waals surface area contributed by atoms with E-state index in [9.17, 15) is 0 Å². The highest BCUT2D eigenvalue weighted by atomic mass is 32.1. The lowest BCUT2D eigenvalue weighted by molar-refractivity contribution is 0.322. The van der Waals surface area contributed by atoms with Crippen molar-refractivity contribution in [1.82, 2.24) is 4.98 Å². The summed E-state index contributed by atoms with van der Waals surface area (Å²) in [5.41, 5.74) is 7.60. The van der Waals surface area contributed by atoms with Crippen LogP contribution in [-0.2, 0) is 6.42 Å². The Hall–Kier alpha value is -1.94. The van der Waals surface area contributed by atoms with E-state index in [4.69, 9.17) is 22.7 Å². The van der Waals surface area contributed by atoms with Crippen LogP contribution >= 0.6 is 12.2 Å². The van der Waals surface area contributed by atoms with Gasteiger partial charge in [0.1, 0.15) is 10.7 Å². The summed E-state index contributed by atoms with van der Waals surface area (Å²) in [5.74, 6) is 0.786. The first kappa shape index (κ1) is 12.5. The van der Waals surface area contributed by atoms with Gasteiger partial charge in [-0.15, -0.1) is 0 Å². The number of nitrogens with two attached hydrogens (primary N) is 1. The molecular formula is C14H14N2OS. The summed E-state index contributed by atoms with van der Waals surface area (Å²) < 4.78 is 5.67. The molecule has 0 unspecified atom stereocenters. The molecule has 18 heavy (non-hydrogen) atoms. The lowest BCUT2D eigenvalue weighted by Crippen LogP contribution is -2.09. The summed E-state index contributed by atoms with van der Waals surface area (Å²) in [5, 5.41) is 0. The molecule has 0 aliphatic carbocycles. The molecular weight excluding hydrogens is 244 g/mol. The minimum atomic E-state index is 0.384. The lowest BCUT2D eigenvalue weighted by Gasteiger charge is -2.07. The average molecular weight is 258 g/mol. The number of rotatable bonds is 5. The van der Waals surface area contributed by atoms with Gasteiger partial charge in [0, 0.05) is 24.4 Å². The smallest absolute Gasteiger partial charge is 0.120 e. The average Bonchev–Trinajstić information content (AvgIpc) is 2.40. The van der Waals surface area contributed by atoms with Gasteiger partial charge >= 0.3 is 0 Å². The summed E-state index contributed by atoms with van der Waals surface area (Å²) in [6, 6.07) is 11.5. The molecule has 1 heterocycles. The van der Waals surface area contributed by atoms with Crippen molar-refractivity contribution in [2.45, 2.75) is 6.42 Å². The van der Waals surface area contributed by atoms with Crippen molar-refractivity contribution in [1.29, 1.82) is 0 Å². The van der Waals surface area contributed by atoms with Gasteiger partial charge in [0.05, 0.1) is 6.61 Å². The largest absolute Gasteiger partial charge is 0.493 e. The Labute approximate surface area is 112 Å². The van der Waals surface area contributed by atoms with Gasteiger partial charge in [0.2, 0.25) is 0 Å². The van der Waals surface area contributed by atoms with Crippen molar-refractivity contribution < 1.29 is 4.74 Å². The third-order valence-corrected chi connectivity index (χ3v) is 2.76. The number of ether oxygens (including phenoxy) is 1. The van der Waals surface area contributed by atoms with Crippen molar-refractivity contribution in [3.8, 4) is 5.75 Å². The van der Waals surface area contributed by atoms with Crippen LogP contribution in [0.25, 0.3) is 0 Å². The van der Waals surface area contributed by atoms with E-state index in [-0.39, 0.29) is 0 Å². The van der Waals surface area contributed by atoms with E-state index < -0.39 is 0 Å². The molecule has 2 rings (SSSR count). The Morgan fingerprint density at radius 1 is 1.22 bits per heavy atom. The van der Waals surface area contributed by atoms with Gasteiger partial charge < -0.3 is 10.5 Å². The number of benzene rings is 1. The monoisotopic (exact) mass is 258 g/mol. The predicted molar refractivity (Wildman–Crippen MR) is 75.8 cm³/mol. The fourth-order valence-electron chi connectivity index (χ4n) is 1.58. The zero-order valence-electron chi connectivity index (χ0n) is 9.87. The number of hydrogen-bond donors (Lipinski definition) is 1. The van der Waals surface area contributed by atoms with Crippen molar-refractivity contribution in [3.05, 3.63) is 59.9 Å². The molecule has 92 valence electrons. The molecule has 4 heteroatoms. The first-order valence-corrected chi connectivity index (χ1v) is 6.08. The highest BCUT2D eigenvalue weighted by Crippen LogP contribution is 2.13. The van der Waals surface area contributed by atoms with Crippen LogP contribution in [0.15, 0.2) is 48.8 Å². The van der Waals surface area contributed by atoms with E-state index in [1.807, 2.05) is 36.4 Å². The Bertz CT molecular complexity index is 528. The first-order valence-electron chi connectivity index (χ1n) is 5.67. The topological polar surface area (TPSA) is 48.1 Å². The van der Waals surface area contributed by atoms with E-state index in [1.165, 1.54) is 5.56 Å². The number of aromatic nitrogens is 1. The molecule has 0 aliphatic heterocycles. The zero-order valence-corrected chi connectivity index (χ0v) is 10.7. The quantitative estimate of drug-likeness (QED) is 0.836. The molecule has 0 amide bonds. The number of pyridine rings is 1. The predicted octanol–water partition coefficient (Wildman–Crippen LogP) is 2.34. The zero-order chi connectivity index (χ0) is 12.8. The standard InChI is InChI=1S/C14H14N2OS/c15-14(18)12-2-1-3-13(10-12)17-9-6-11-4-7-16-8-5-11/h1-5,7-8,10H,6,9H2,(H2,15,18). The Morgan fingerprint density at radius 2 is 2.00 bits per heavy atom. The SMILES string of the molecule is NC(=S)c1cccc(OCCc2ccncc2)c1. The normalized spacial score (nSPS) is 10.0. The van der Waals surface area contributed by atoms with Crippen LogP contribution in [-0.4, -0.2) is 16.6 Å². The van der Waals surface area contributed by atoms with Crippen LogP contribution in [0.5, 0.6) is 5.75 Å². The van der Waals surface area contributed by atoms with Gasteiger partial charge in [0.25, 0.3) is 0 Å². The fraction of sp³-hybridized carbons (Fsp3) is 0.143. The first-order chi connectivity index (χ1) is 8.75. The summed E-state index contributed by atoms with van der Waals surface area (Å²) in [4.78, 5) is 4.36. The minimum absolute atomic E-state index is 0.384. The number of thiocarbonyl (C=S) groups is 1. The van der Waals surface area contributed by atoms with Crippen LogP contribution < -0.4 is 10.5 Å². The molecule has 1 aromatic carbocycles. The van der Waals surface area contributed by atoms with Gasteiger partial charge in [-0.25, -0.2) is 0 Å².